The van der Waals surface area contributed by atoms with Gasteiger partial charge in [0.05, 0.1) is 5.75 Å². The summed E-state index contributed by atoms with van der Waals surface area (Å²) in [6.07, 6.45) is 0.118. The van der Waals surface area contributed by atoms with Crippen LogP contribution in [0.1, 0.15) is 19.8 Å². The minimum atomic E-state index is -0.825. The van der Waals surface area contributed by atoms with Crippen LogP contribution >= 0.6 is 11.8 Å². The average Bonchev–Trinajstić information content (AvgIpc) is 2.46. The number of hydroxylamine groups is 2. The predicted molar refractivity (Wildman–Crippen MR) is 50.7 cm³/mol. The molecule has 0 aromatic heterocycles. The third-order valence-corrected chi connectivity index (χ3v) is 2.43. The molecule has 15 heavy (non-hydrogen) atoms. The zero-order valence-corrected chi connectivity index (χ0v) is 8.83. The van der Waals surface area contributed by atoms with Crippen LogP contribution in [-0.4, -0.2) is 33.7 Å². The molecule has 0 spiro atoms. The van der Waals surface area contributed by atoms with Crippen LogP contribution in [0.25, 0.3) is 0 Å². The molecule has 1 rings (SSSR count). The molecule has 1 saturated heterocycles. The van der Waals surface area contributed by atoms with Crippen molar-refractivity contribution in [3.8, 4) is 0 Å². The van der Waals surface area contributed by atoms with E-state index in [-0.39, 0.29) is 24.4 Å². The van der Waals surface area contributed by atoms with Crippen LogP contribution in [0.15, 0.2) is 0 Å². The third kappa shape index (κ3) is 3.35. The molecule has 0 saturated carbocycles. The molecule has 6 nitrogen and oxygen atoms in total. The standard InChI is InChI=1S/C8H9NO5S/c1-5(10)4-15-8(13)14-9-6(11)2-3-7(9)12/h2-4H2,1H3. The SMILES string of the molecule is CC(=O)CSC(=O)ON1C(=O)CCC1=O. The van der Waals surface area contributed by atoms with Crippen LogP contribution in [0.5, 0.6) is 0 Å². The Labute approximate surface area is 89.9 Å². The van der Waals surface area contributed by atoms with Gasteiger partial charge in [-0.15, -0.1) is 5.06 Å². The Hall–Kier alpha value is -1.37. The Morgan fingerprint density at radius 3 is 2.33 bits per heavy atom. The molecule has 1 fully saturated rings. The van der Waals surface area contributed by atoms with Gasteiger partial charge in [-0.25, -0.2) is 4.79 Å². The van der Waals surface area contributed by atoms with Gasteiger partial charge in [0.15, 0.2) is 0 Å². The summed E-state index contributed by atoms with van der Waals surface area (Å²) >= 11 is 0.619. The van der Waals surface area contributed by atoms with E-state index < -0.39 is 17.1 Å². The highest BCUT2D eigenvalue weighted by molar-refractivity contribution is 8.13. The number of nitrogens with zero attached hydrogens (tertiary/aromatic N) is 1. The number of ketones is 1. The lowest BCUT2D eigenvalue weighted by molar-refractivity contribution is -0.169. The first-order valence-electron chi connectivity index (χ1n) is 4.20. The molecule has 0 unspecified atom stereocenters. The highest BCUT2D eigenvalue weighted by Gasteiger charge is 2.32. The highest BCUT2D eigenvalue weighted by atomic mass is 32.2. The van der Waals surface area contributed by atoms with E-state index in [9.17, 15) is 19.2 Å². The van der Waals surface area contributed by atoms with Crippen molar-refractivity contribution in [2.75, 3.05) is 5.75 Å². The van der Waals surface area contributed by atoms with E-state index in [0.717, 1.165) is 0 Å². The maximum Gasteiger partial charge on any atom is 0.392 e. The topological polar surface area (TPSA) is 80.8 Å². The molecule has 82 valence electrons. The summed E-state index contributed by atoms with van der Waals surface area (Å²) in [7, 11) is 0. The van der Waals surface area contributed by atoms with E-state index >= 15 is 0 Å². The van der Waals surface area contributed by atoms with Crippen molar-refractivity contribution in [1.82, 2.24) is 5.06 Å². The van der Waals surface area contributed by atoms with E-state index in [0.29, 0.717) is 16.8 Å². The fraction of sp³-hybridized carbons (Fsp3) is 0.500. The summed E-state index contributed by atoms with van der Waals surface area (Å²) in [5.41, 5.74) is 0. The van der Waals surface area contributed by atoms with Crippen molar-refractivity contribution in [3.05, 3.63) is 0 Å². The normalized spacial score (nSPS) is 15.7. The molecule has 0 aromatic carbocycles. The lowest BCUT2D eigenvalue weighted by Crippen LogP contribution is -2.30. The second kappa shape index (κ2) is 4.92. The predicted octanol–water partition coefficient (Wildman–Crippen LogP) is 0.509. The molecule has 2 amide bonds. The van der Waals surface area contributed by atoms with Crippen molar-refractivity contribution in [3.63, 3.8) is 0 Å². The molecular weight excluding hydrogens is 222 g/mol. The lowest BCUT2D eigenvalue weighted by Gasteiger charge is -2.11. The van der Waals surface area contributed by atoms with E-state index in [4.69, 9.17) is 0 Å². The second-order valence-electron chi connectivity index (χ2n) is 2.91. The Kier molecular flexibility index (Phi) is 3.84. The Bertz CT molecular complexity index is 311. The fourth-order valence-corrected chi connectivity index (χ4v) is 1.37. The zero-order chi connectivity index (χ0) is 11.4. The van der Waals surface area contributed by atoms with Gasteiger partial charge in [-0.1, -0.05) is 0 Å². The number of rotatable bonds is 3. The molecule has 1 aliphatic rings. The van der Waals surface area contributed by atoms with Gasteiger partial charge in [-0.2, -0.15) is 0 Å². The summed E-state index contributed by atoms with van der Waals surface area (Å²) in [4.78, 5) is 48.1. The number of imide groups is 1. The summed E-state index contributed by atoms with van der Waals surface area (Å²) in [6, 6.07) is 0. The number of carbonyl (C=O) groups excluding carboxylic acids is 4. The van der Waals surface area contributed by atoms with E-state index in [1.807, 2.05) is 0 Å². The fourth-order valence-electron chi connectivity index (χ4n) is 0.919. The minimum absolute atomic E-state index is 0.0327. The molecule has 0 aliphatic carbocycles. The first-order valence-corrected chi connectivity index (χ1v) is 5.19. The average molecular weight is 231 g/mol. The van der Waals surface area contributed by atoms with E-state index in [1.54, 1.807) is 0 Å². The van der Waals surface area contributed by atoms with Gasteiger partial charge in [0.25, 0.3) is 11.8 Å². The molecular formula is C8H9NO5S. The smallest absolute Gasteiger partial charge is 0.319 e. The zero-order valence-electron chi connectivity index (χ0n) is 8.02. The number of carbonyl (C=O) groups is 4. The molecule has 7 heteroatoms. The molecule has 1 aliphatic heterocycles. The van der Waals surface area contributed by atoms with Crippen LogP contribution in [0.3, 0.4) is 0 Å². The minimum Gasteiger partial charge on any atom is -0.319 e. The monoisotopic (exact) mass is 231 g/mol. The maximum atomic E-state index is 11.0. The number of Topliss-reactive ketones (excluding diaryl/α,β-unsaturated/α-hetero) is 1. The first-order chi connectivity index (χ1) is 7.00. The highest BCUT2D eigenvalue weighted by Crippen LogP contribution is 2.15. The molecule has 0 N–H and O–H groups in total. The lowest BCUT2D eigenvalue weighted by atomic mass is 10.4. The molecule has 0 atom stereocenters. The quantitative estimate of drug-likeness (QED) is 0.658. The van der Waals surface area contributed by atoms with Gasteiger partial charge in [0.2, 0.25) is 0 Å². The van der Waals surface area contributed by atoms with Gasteiger partial charge < -0.3 is 4.84 Å². The van der Waals surface area contributed by atoms with Crippen LogP contribution in [0.4, 0.5) is 4.79 Å². The molecule has 0 radical (unpaired) electrons. The largest absolute Gasteiger partial charge is 0.392 e. The van der Waals surface area contributed by atoms with E-state index in [2.05, 4.69) is 4.84 Å². The van der Waals surface area contributed by atoms with Crippen molar-refractivity contribution in [2.24, 2.45) is 0 Å². The first kappa shape index (κ1) is 11.7. The van der Waals surface area contributed by atoms with Crippen molar-refractivity contribution in [2.45, 2.75) is 19.8 Å². The number of thioether (sulfide) groups is 1. The number of hydrogen-bond acceptors (Lipinski definition) is 6. The second-order valence-corrected chi connectivity index (χ2v) is 3.82. The van der Waals surface area contributed by atoms with Gasteiger partial charge >= 0.3 is 5.30 Å². The summed E-state index contributed by atoms with van der Waals surface area (Å²) in [6.45, 7) is 1.33. The van der Waals surface area contributed by atoms with Gasteiger partial charge in [-0.3, -0.25) is 14.4 Å². The molecule has 0 aromatic rings. The molecule has 0 bridgehead atoms. The van der Waals surface area contributed by atoms with Crippen LogP contribution in [0.2, 0.25) is 0 Å². The summed E-state index contributed by atoms with van der Waals surface area (Å²) in [5, 5.41) is -0.371. The van der Waals surface area contributed by atoms with Crippen molar-refractivity contribution in [1.29, 1.82) is 0 Å². The third-order valence-electron chi connectivity index (χ3n) is 1.56. The molecule has 1 heterocycles. The van der Waals surface area contributed by atoms with Crippen LogP contribution < -0.4 is 0 Å². The summed E-state index contributed by atoms with van der Waals surface area (Å²) in [5.74, 6) is -1.28. The Morgan fingerprint density at radius 1 is 1.33 bits per heavy atom. The Morgan fingerprint density at radius 2 is 1.87 bits per heavy atom. The number of hydrogen-bond donors (Lipinski definition) is 0. The summed E-state index contributed by atoms with van der Waals surface area (Å²) < 4.78 is 0. The van der Waals surface area contributed by atoms with Gasteiger partial charge in [0, 0.05) is 12.8 Å². The van der Waals surface area contributed by atoms with E-state index in [1.165, 1.54) is 6.92 Å². The van der Waals surface area contributed by atoms with Gasteiger partial charge in [0.1, 0.15) is 5.78 Å². The number of amides is 2. The van der Waals surface area contributed by atoms with Gasteiger partial charge in [-0.05, 0) is 18.7 Å². The maximum absolute atomic E-state index is 11.0. The Balaban J connectivity index is 2.40. The van der Waals surface area contributed by atoms with Crippen LogP contribution in [0, 0.1) is 0 Å². The van der Waals surface area contributed by atoms with Crippen molar-refractivity contribution < 1.29 is 24.0 Å². The van der Waals surface area contributed by atoms with Crippen molar-refractivity contribution >= 4 is 34.7 Å². The van der Waals surface area contributed by atoms with Crippen LogP contribution in [-0.2, 0) is 19.2 Å².